The third kappa shape index (κ3) is 3.95. The Bertz CT molecular complexity index is 661. The summed E-state index contributed by atoms with van der Waals surface area (Å²) < 4.78 is 32.5. The molecule has 1 aromatic carbocycles. The summed E-state index contributed by atoms with van der Waals surface area (Å²) in [5, 5.41) is 8.94. The van der Waals surface area contributed by atoms with E-state index < -0.39 is 10.0 Å². The molecule has 21 heavy (non-hydrogen) atoms. The van der Waals surface area contributed by atoms with Crippen molar-refractivity contribution in [3.63, 3.8) is 0 Å². The highest BCUT2D eigenvalue weighted by atomic mass is 35.5. The Balaban J connectivity index is 2.11. The van der Waals surface area contributed by atoms with Crippen LogP contribution in [0, 0.1) is 16.7 Å². The molecular weight excluding hydrogens is 312 g/mol. The molecule has 0 aliphatic carbocycles. The van der Waals surface area contributed by atoms with Crippen LogP contribution in [0.3, 0.4) is 0 Å². The number of hydrogen-bond acceptors (Lipinski definition) is 4. The molecule has 1 aliphatic heterocycles. The van der Waals surface area contributed by atoms with Crippen LogP contribution in [-0.4, -0.2) is 28.2 Å². The highest BCUT2D eigenvalue weighted by Gasteiger charge is 2.29. The number of benzene rings is 1. The zero-order valence-corrected chi connectivity index (χ0v) is 13.3. The predicted molar refractivity (Wildman–Crippen MR) is 79.5 cm³/mol. The molecule has 0 unspecified atom stereocenters. The fraction of sp³-hybridized carbons (Fsp3) is 0.500. The highest BCUT2D eigenvalue weighted by molar-refractivity contribution is 7.89. The Hall–Kier alpha value is -1.13. The van der Waals surface area contributed by atoms with Gasteiger partial charge in [-0.1, -0.05) is 18.5 Å². The average molecular weight is 329 g/mol. The molecule has 0 saturated carbocycles. The van der Waals surface area contributed by atoms with Crippen molar-refractivity contribution in [1.82, 2.24) is 4.72 Å². The number of halogens is 1. The fourth-order valence-electron chi connectivity index (χ4n) is 2.15. The maximum Gasteiger partial charge on any atom is 0.240 e. The van der Waals surface area contributed by atoms with Crippen molar-refractivity contribution in [2.75, 3.05) is 19.8 Å². The second-order valence-corrected chi connectivity index (χ2v) is 7.68. The lowest BCUT2D eigenvalue weighted by Crippen LogP contribution is -2.39. The number of rotatable bonds is 4. The molecule has 1 aromatic rings. The second kappa shape index (κ2) is 6.32. The Labute approximate surface area is 129 Å². The lowest BCUT2D eigenvalue weighted by atomic mass is 9.83. The largest absolute Gasteiger partial charge is 0.381 e. The Kier molecular flexibility index (Phi) is 4.89. The summed E-state index contributed by atoms with van der Waals surface area (Å²) >= 11 is 5.88. The predicted octanol–water partition coefficient (Wildman–Crippen LogP) is 2.31. The summed E-state index contributed by atoms with van der Waals surface area (Å²) in [6.07, 6.45) is 1.65. The van der Waals surface area contributed by atoms with Crippen molar-refractivity contribution < 1.29 is 13.2 Å². The van der Waals surface area contributed by atoms with Crippen molar-refractivity contribution in [3.05, 3.63) is 28.8 Å². The maximum absolute atomic E-state index is 12.3. The zero-order chi connectivity index (χ0) is 15.5. The molecule has 0 spiro atoms. The molecule has 5 nitrogen and oxygen atoms in total. The first-order valence-corrected chi connectivity index (χ1v) is 8.49. The summed E-state index contributed by atoms with van der Waals surface area (Å²) in [7, 11) is -3.63. The molecule has 114 valence electrons. The van der Waals surface area contributed by atoms with E-state index in [1.54, 1.807) is 0 Å². The summed E-state index contributed by atoms with van der Waals surface area (Å²) in [5.41, 5.74) is 0.161. The van der Waals surface area contributed by atoms with Gasteiger partial charge in [-0.25, -0.2) is 13.1 Å². The normalized spacial score (nSPS) is 18.1. The topological polar surface area (TPSA) is 79.2 Å². The van der Waals surface area contributed by atoms with Gasteiger partial charge in [0.15, 0.2) is 0 Å². The molecule has 0 atom stereocenters. The van der Waals surface area contributed by atoms with Crippen molar-refractivity contribution in [3.8, 4) is 6.07 Å². The number of nitrogens with one attached hydrogen (secondary N) is 1. The fourth-order valence-corrected chi connectivity index (χ4v) is 3.66. The molecule has 1 fully saturated rings. The van der Waals surface area contributed by atoms with Gasteiger partial charge in [-0.3, -0.25) is 0 Å². The number of nitriles is 1. The third-order valence-corrected chi connectivity index (χ3v) is 5.47. The standard InChI is InChI=1S/C14H17ClN2O3S/c1-14(4-6-20-7-5-14)10-17-21(18,19)12-3-2-11(9-16)13(15)8-12/h2-3,8,17H,4-7,10H2,1H3. The Morgan fingerprint density at radius 1 is 1.43 bits per heavy atom. The molecule has 7 heteroatoms. The van der Waals surface area contributed by atoms with E-state index in [1.165, 1.54) is 18.2 Å². The van der Waals surface area contributed by atoms with E-state index in [0.29, 0.717) is 19.8 Å². The minimum Gasteiger partial charge on any atom is -0.381 e. The smallest absolute Gasteiger partial charge is 0.240 e. The highest BCUT2D eigenvalue weighted by Crippen LogP contribution is 2.29. The van der Waals surface area contributed by atoms with Crippen LogP contribution in [0.25, 0.3) is 0 Å². The number of hydrogen-bond donors (Lipinski definition) is 1. The van der Waals surface area contributed by atoms with Gasteiger partial charge in [-0.15, -0.1) is 0 Å². The van der Waals surface area contributed by atoms with Crippen LogP contribution in [-0.2, 0) is 14.8 Å². The first-order chi connectivity index (χ1) is 9.86. The van der Waals surface area contributed by atoms with Crippen molar-refractivity contribution in [2.24, 2.45) is 5.41 Å². The van der Waals surface area contributed by atoms with Crippen LogP contribution in [0.5, 0.6) is 0 Å². The number of nitrogens with zero attached hydrogens (tertiary/aromatic N) is 1. The van der Waals surface area contributed by atoms with E-state index in [9.17, 15) is 8.42 Å². The molecule has 0 amide bonds. The molecule has 1 aliphatic rings. The van der Waals surface area contributed by atoms with Gasteiger partial charge in [0.2, 0.25) is 10.0 Å². The summed E-state index contributed by atoms with van der Waals surface area (Å²) in [5.74, 6) is 0. The van der Waals surface area contributed by atoms with Crippen LogP contribution >= 0.6 is 11.6 Å². The molecular formula is C14H17ClN2O3S. The third-order valence-electron chi connectivity index (χ3n) is 3.76. The second-order valence-electron chi connectivity index (χ2n) is 5.50. The van der Waals surface area contributed by atoms with Gasteiger partial charge >= 0.3 is 0 Å². The van der Waals surface area contributed by atoms with Gasteiger partial charge in [0.25, 0.3) is 0 Å². The summed E-state index contributed by atoms with van der Waals surface area (Å²) in [6, 6.07) is 6.00. The van der Waals surface area contributed by atoms with Crippen molar-refractivity contribution in [2.45, 2.75) is 24.7 Å². The lowest BCUT2D eigenvalue weighted by Gasteiger charge is -2.33. The van der Waals surface area contributed by atoms with Crippen molar-refractivity contribution in [1.29, 1.82) is 5.26 Å². The van der Waals surface area contributed by atoms with E-state index in [4.69, 9.17) is 21.6 Å². The van der Waals surface area contributed by atoms with E-state index in [-0.39, 0.29) is 20.9 Å². The van der Waals surface area contributed by atoms with E-state index in [2.05, 4.69) is 4.72 Å². The quantitative estimate of drug-likeness (QED) is 0.919. The molecule has 0 radical (unpaired) electrons. The summed E-state index contributed by atoms with van der Waals surface area (Å²) in [4.78, 5) is 0.0714. The van der Waals surface area contributed by atoms with E-state index >= 15 is 0 Å². The SMILES string of the molecule is CC1(CNS(=O)(=O)c2ccc(C#N)c(Cl)c2)CCOCC1. The maximum atomic E-state index is 12.3. The molecule has 1 heterocycles. The van der Waals surface area contributed by atoms with E-state index in [1.807, 2.05) is 13.0 Å². The van der Waals surface area contributed by atoms with Crippen LogP contribution in [0.4, 0.5) is 0 Å². The molecule has 2 rings (SSSR count). The van der Waals surface area contributed by atoms with Gasteiger partial charge in [0, 0.05) is 19.8 Å². The van der Waals surface area contributed by atoms with Crippen LogP contribution < -0.4 is 4.72 Å². The number of ether oxygens (including phenoxy) is 1. The van der Waals surface area contributed by atoms with Crippen LogP contribution in [0.2, 0.25) is 5.02 Å². The lowest BCUT2D eigenvalue weighted by molar-refractivity contribution is 0.0265. The molecule has 0 aromatic heterocycles. The zero-order valence-electron chi connectivity index (χ0n) is 11.7. The minimum atomic E-state index is -3.63. The van der Waals surface area contributed by atoms with Gasteiger partial charge < -0.3 is 4.74 Å². The molecule has 0 bridgehead atoms. The molecule has 1 N–H and O–H groups in total. The Morgan fingerprint density at radius 2 is 2.10 bits per heavy atom. The first kappa shape index (κ1) is 16.2. The Morgan fingerprint density at radius 3 is 2.67 bits per heavy atom. The van der Waals surface area contributed by atoms with Crippen LogP contribution in [0.1, 0.15) is 25.3 Å². The first-order valence-electron chi connectivity index (χ1n) is 6.63. The van der Waals surface area contributed by atoms with Gasteiger partial charge in [0.1, 0.15) is 6.07 Å². The van der Waals surface area contributed by atoms with Crippen molar-refractivity contribution >= 4 is 21.6 Å². The minimum absolute atomic E-state index is 0.0714. The van der Waals surface area contributed by atoms with Gasteiger partial charge in [-0.2, -0.15) is 5.26 Å². The summed E-state index contributed by atoms with van der Waals surface area (Å²) in [6.45, 7) is 3.71. The average Bonchev–Trinajstić information content (AvgIpc) is 2.46. The van der Waals surface area contributed by atoms with E-state index in [0.717, 1.165) is 12.8 Å². The number of sulfonamides is 1. The molecule has 1 saturated heterocycles. The monoisotopic (exact) mass is 328 g/mol. The van der Waals surface area contributed by atoms with Gasteiger partial charge in [0.05, 0.1) is 15.5 Å². The van der Waals surface area contributed by atoms with Crippen LogP contribution in [0.15, 0.2) is 23.1 Å². The van der Waals surface area contributed by atoms with Gasteiger partial charge in [-0.05, 0) is 36.5 Å².